The molecular weight excluding hydrogens is 267 g/mol. The van der Waals surface area contributed by atoms with Gasteiger partial charge in [-0.2, -0.15) is 13.2 Å². The van der Waals surface area contributed by atoms with Gasteiger partial charge in [0.2, 0.25) is 0 Å². The highest BCUT2D eigenvalue weighted by Crippen LogP contribution is 2.32. The van der Waals surface area contributed by atoms with Crippen molar-refractivity contribution in [1.29, 1.82) is 0 Å². The van der Waals surface area contributed by atoms with Gasteiger partial charge in [0, 0.05) is 6.04 Å². The maximum absolute atomic E-state index is 12.9. The highest BCUT2D eigenvalue weighted by Gasteiger charge is 2.35. The van der Waals surface area contributed by atoms with Crippen molar-refractivity contribution in [3.05, 3.63) is 35.4 Å². The number of amides is 1. The standard InChI is InChI=1S/C15H18F3NO/c1-10-6-2-5-9-13(10)19-14(20)11-7-3-4-8-12(11)15(16,17)18/h3-4,7-8,10,13H,2,5-6,9H2,1H3,(H,19,20). The zero-order chi connectivity index (χ0) is 14.8. The molecule has 2 atom stereocenters. The van der Waals surface area contributed by atoms with E-state index < -0.39 is 17.6 Å². The predicted molar refractivity (Wildman–Crippen MR) is 70.3 cm³/mol. The minimum Gasteiger partial charge on any atom is -0.349 e. The van der Waals surface area contributed by atoms with Gasteiger partial charge in [-0.05, 0) is 30.9 Å². The first kappa shape index (κ1) is 14.9. The first-order valence-electron chi connectivity index (χ1n) is 6.86. The zero-order valence-electron chi connectivity index (χ0n) is 11.3. The number of halogens is 3. The van der Waals surface area contributed by atoms with E-state index in [1.165, 1.54) is 18.2 Å². The second-order valence-electron chi connectivity index (χ2n) is 5.39. The third-order valence-corrected chi connectivity index (χ3v) is 3.91. The summed E-state index contributed by atoms with van der Waals surface area (Å²) in [6, 6.07) is 4.89. The van der Waals surface area contributed by atoms with Crippen LogP contribution >= 0.6 is 0 Å². The molecule has 1 aromatic rings. The van der Waals surface area contributed by atoms with Crippen LogP contribution in [-0.2, 0) is 6.18 Å². The first-order chi connectivity index (χ1) is 9.39. The van der Waals surface area contributed by atoms with Crippen LogP contribution in [0.25, 0.3) is 0 Å². The summed E-state index contributed by atoms with van der Waals surface area (Å²) >= 11 is 0. The van der Waals surface area contributed by atoms with Gasteiger partial charge in [0.1, 0.15) is 0 Å². The van der Waals surface area contributed by atoms with Crippen LogP contribution in [0.4, 0.5) is 13.2 Å². The van der Waals surface area contributed by atoms with Crippen LogP contribution in [-0.4, -0.2) is 11.9 Å². The Balaban J connectivity index is 2.17. The number of hydrogen-bond acceptors (Lipinski definition) is 1. The first-order valence-corrected chi connectivity index (χ1v) is 6.86. The molecule has 2 unspecified atom stereocenters. The molecule has 0 spiro atoms. The minimum absolute atomic E-state index is 0.0301. The summed E-state index contributed by atoms with van der Waals surface area (Å²) in [4.78, 5) is 12.1. The van der Waals surface area contributed by atoms with E-state index >= 15 is 0 Å². The van der Waals surface area contributed by atoms with Crippen LogP contribution in [0.5, 0.6) is 0 Å². The van der Waals surface area contributed by atoms with Gasteiger partial charge in [-0.3, -0.25) is 4.79 Å². The number of hydrogen-bond donors (Lipinski definition) is 1. The number of carbonyl (C=O) groups is 1. The number of alkyl halides is 3. The SMILES string of the molecule is CC1CCCCC1NC(=O)c1ccccc1C(F)(F)F. The van der Waals surface area contributed by atoms with Gasteiger partial charge in [0.25, 0.3) is 5.91 Å². The average Bonchev–Trinajstić information content (AvgIpc) is 2.40. The van der Waals surface area contributed by atoms with Crippen molar-refractivity contribution >= 4 is 5.91 Å². The summed E-state index contributed by atoms with van der Waals surface area (Å²) in [5, 5.41) is 2.76. The van der Waals surface area contributed by atoms with Crippen molar-refractivity contribution in [2.45, 2.75) is 44.8 Å². The maximum atomic E-state index is 12.9. The summed E-state index contributed by atoms with van der Waals surface area (Å²) in [6.45, 7) is 2.03. The summed E-state index contributed by atoms with van der Waals surface area (Å²) in [6.07, 6.45) is -0.540. The molecule has 0 aromatic heterocycles. The lowest BCUT2D eigenvalue weighted by Crippen LogP contribution is -2.41. The molecule has 1 fully saturated rings. The molecule has 2 nitrogen and oxygen atoms in total. The van der Waals surface area contributed by atoms with Gasteiger partial charge in [-0.25, -0.2) is 0 Å². The summed E-state index contributed by atoms with van der Waals surface area (Å²) in [7, 11) is 0. The molecule has 0 radical (unpaired) electrons. The van der Waals surface area contributed by atoms with E-state index in [0.29, 0.717) is 5.92 Å². The van der Waals surface area contributed by atoms with Gasteiger partial charge in [-0.1, -0.05) is 31.9 Å². The largest absolute Gasteiger partial charge is 0.417 e. The van der Waals surface area contributed by atoms with Crippen LogP contribution in [0.15, 0.2) is 24.3 Å². The fraction of sp³-hybridized carbons (Fsp3) is 0.533. The van der Waals surface area contributed by atoms with Crippen molar-refractivity contribution in [2.24, 2.45) is 5.92 Å². The van der Waals surface area contributed by atoms with E-state index in [2.05, 4.69) is 5.32 Å². The molecule has 0 saturated heterocycles. The van der Waals surface area contributed by atoms with E-state index in [-0.39, 0.29) is 11.6 Å². The van der Waals surface area contributed by atoms with Crippen molar-refractivity contribution in [3.63, 3.8) is 0 Å². The van der Waals surface area contributed by atoms with Crippen LogP contribution in [0.3, 0.4) is 0 Å². The normalized spacial score (nSPS) is 23.4. The van der Waals surface area contributed by atoms with Crippen molar-refractivity contribution in [2.75, 3.05) is 0 Å². The van der Waals surface area contributed by atoms with Gasteiger partial charge >= 0.3 is 6.18 Å². The Labute approximate surface area is 116 Å². The smallest absolute Gasteiger partial charge is 0.349 e. The van der Waals surface area contributed by atoms with Gasteiger partial charge in [-0.15, -0.1) is 0 Å². The molecule has 20 heavy (non-hydrogen) atoms. The highest BCUT2D eigenvalue weighted by molar-refractivity contribution is 5.96. The molecule has 5 heteroatoms. The minimum atomic E-state index is -4.51. The lowest BCUT2D eigenvalue weighted by Gasteiger charge is -2.29. The molecule has 0 aliphatic heterocycles. The third kappa shape index (κ3) is 3.32. The third-order valence-electron chi connectivity index (χ3n) is 3.91. The fourth-order valence-electron chi connectivity index (χ4n) is 2.71. The number of carbonyl (C=O) groups excluding carboxylic acids is 1. The molecule has 1 amide bonds. The lowest BCUT2D eigenvalue weighted by molar-refractivity contribution is -0.137. The van der Waals surface area contributed by atoms with Gasteiger partial charge in [0.15, 0.2) is 0 Å². The van der Waals surface area contributed by atoms with Crippen LogP contribution < -0.4 is 5.32 Å². The molecule has 110 valence electrons. The van der Waals surface area contributed by atoms with E-state index in [9.17, 15) is 18.0 Å². The van der Waals surface area contributed by atoms with E-state index in [4.69, 9.17) is 0 Å². The van der Waals surface area contributed by atoms with Crippen molar-refractivity contribution in [3.8, 4) is 0 Å². The maximum Gasteiger partial charge on any atom is 0.417 e. The van der Waals surface area contributed by atoms with Crippen LogP contribution in [0.2, 0.25) is 0 Å². The van der Waals surface area contributed by atoms with Gasteiger partial charge in [0.05, 0.1) is 11.1 Å². The number of benzene rings is 1. The Morgan fingerprint density at radius 1 is 1.20 bits per heavy atom. The molecule has 1 saturated carbocycles. The molecular formula is C15H18F3NO. The highest BCUT2D eigenvalue weighted by atomic mass is 19.4. The molecule has 0 bridgehead atoms. The average molecular weight is 285 g/mol. The second-order valence-corrected chi connectivity index (χ2v) is 5.39. The number of rotatable bonds is 2. The van der Waals surface area contributed by atoms with Gasteiger partial charge < -0.3 is 5.32 Å². The zero-order valence-corrected chi connectivity index (χ0v) is 11.3. The quantitative estimate of drug-likeness (QED) is 0.874. The Morgan fingerprint density at radius 3 is 2.50 bits per heavy atom. The summed E-state index contributed by atoms with van der Waals surface area (Å²) in [5.74, 6) is -0.317. The van der Waals surface area contributed by atoms with Crippen LogP contribution in [0.1, 0.15) is 48.5 Å². The summed E-state index contributed by atoms with van der Waals surface area (Å²) in [5.41, 5.74) is -1.17. The molecule has 1 aliphatic carbocycles. The Kier molecular flexibility index (Phi) is 4.35. The Hall–Kier alpha value is -1.52. The van der Waals surface area contributed by atoms with E-state index in [0.717, 1.165) is 31.7 Å². The molecule has 1 aliphatic rings. The molecule has 0 heterocycles. The predicted octanol–water partition coefficient (Wildman–Crippen LogP) is 4.01. The van der Waals surface area contributed by atoms with Crippen molar-refractivity contribution in [1.82, 2.24) is 5.32 Å². The monoisotopic (exact) mass is 285 g/mol. The van der Waals surface area contributed by atoms with E-state index in [1.807, 2.05) is 6.92 Å². The van der Waals surface area contributed by atoms with Crippen molar-refractivity contribution < 1.29 is 18.0 Å². The molecule has 2 rings (SSSR count). The molecule has 1 N–H and O–H groups in total. The van der Waals surface area contributed by atoms with Crippen LogP contribution in [0, 0.1) is 5.92 Å². The topological polar surface area (TPSA) is 29.1 Å². The Bertz CT molecular complexity index is 484. The molecule has 1 aromatic carbocycles. The number of nitrogens with one attached hydrogen (secondary N) is 1. The summed E-state index contributed by atoms with van der Waals surface area (Å²) < 4.78 is 38.7. The van der Waals surface area contributed by atoms with E-state index in [1.54, 1.807) is 0 Å². The Morgan fingerprint density at radius 2 is 1.85 bits per heavy atom. The second kappa shape index (κ2) is 5.85. The lowest BCUT2D eigenvalue weighted by atomic mass is 9.85. The fourth-order valence-corrected chi connectivity index (χ4v) is 2.71.